The molecule has 1 aliphatic rings. The van der Waals surface area contributed by atoms with Crippen molar-refractivity contribution in [3.05, 3.63) is 65.8 Å². The molecular formula is C21H21ClN6O2. The molecule has 3 N–H and O–H groups in total. The molecule has 0 saturated carbocycles. The van der Waals surface area contributed by atoms with Crippen LogP contribution in [-0.2, 0) is 4.74 Å². The maximum absolute atomic E-state index is 12.6. The van der Waals surface area contributed by atoms with Crippen LogP contribution in [0.15, 0.2) is 55.1 Å². The first-order valence-electron chi connectivity index (χ1n) is 9.62. The van der Waals surface area contributed by atoms with Crippen molar-refractivity contribution in [2.45, 2.75) is 18.9 Å². The Bertz CT molecular complexity index is 991. The number of carbonyl (C=O) groups excluding carboxylic acids is 1. The number of pyridine rings is 1. The molecule has 8 nitrogen and oxygen atoms in total. The van der Waals surface area contributed by atoms with Crippen molar-refractivity contribution in [1.82, 2.24) is 15.0 Å². The normalized spacial score (nSPS) is 14.2. The van der Waals surface area contributed by atoms with Crippen LogP contribution in [0.3, 0.4) is 0 Å². The van der Waals surface area contributed by atoms with Gasteiger partial charge in [0.2, 0.25) is 0 Å². The van der Waals surface area contributed by atoms with Crippen LogP contribution in [-0.4, -0.2) is 40.1 Å². The van der Waals surface area contributed by atoms with Crippen LogP contribution in [0.25, 0.3) is 0 Å². The highest BCUT2D eigenvalue weighted by Crippen LogP contribution is 2.25. The zero-order valence-electron chi connectivity index (χ0n) is 16.1. The van der Waals surface area contributed by atoms with Gasteiger partial charge in [-0.15, -0.1) is 0 Å². The van der Waals surface area contributed by atoms with E-state index in [1.165, 1.54) is 6.20 Å². The summed E-state index contributed by atoms with van der Waals surface area (Å²) in [4.78, 5) is 25.3. The summed E-state index contributed by atoms with van der Waals surface area (Å²) in [5, 5.41) is 10.0. The summed E-state index contributed by atoms with van der Waals surface area (Å²) in [5.41, 5.74) is 2.28. The van der Waals surface area contributed by atoms with E-state index < -0.39 is 0 Å². The number of nitrogens with one attached hydrogen (secondary N) is 3. The van der Waals surface area contributed by atoms with Crippen molar-refractivity contribution in [3.8, 4) is 0 Å². The Kier molecular flexibility index (Phi) is 6.36. The third-order valence-electron chi connectivity index (χ3n) is 4.65. The average Bonchev–Trinajstić information content (AvgIpc) is 2.78. The highest BCUT2D eigenvalue weighted by Gasteiger charge is 2.15. The number of anilines is 4. The molecule has 30 heavy (non-hydrogen) atoms. The zero-order chi connectivity index (χ0) is 20.8. The molecule has 0 spiro atoms. The fraction of sp³-hybridized carbons (Fsp3) is 0.238. The van der Waals surface area contributed by atoms with Gasteiger partial charge in [-0.3, -0.25) is 9.78 Å². The maximum Gasteiger partial charge on any atom is 0.275 e. The highest BCUT2D eigenvalue weighted by molar-refractivity contribution is 6.30. The van der Waals surface area contributed by atoms with Crippen LogP contribution in [0, 0.1) is 0 Å². The van der Waals surface area contributed by atoms with Crippen molar-refractivity contribution in [2.24, 2.45) is 0 Å². The van der Waals surface area contributed by atoms with Crippen LogP contribution in [0.5, 0.6) is 0 Å². The standard InChI is InChI=1S/C21H21ClN6O2/c22-14-1-3-15(4-2-14)26-18-11-23-8-5-17(18)28-21(29)19-12-25-20(13-24-19)27-16-6-9-30-10-7-16/h1-5,8,11-13,16,26H,6-7,9-10H2,(H,25,27)(H,23,28,29). The van der Waals surface area contributed by atoms with E-state index in [1.54, 1.807) is 36.8 Å². The zero-order valence-corrected chi connectivity index (χ0v) is 16.9. The van der Waals surface area contributed by atoms with Crippen molar-refractivity contribution >= 4 is 40.4 Å². The lowest BCUT2D eigenvalue weighted by Crippen LogP contribution is -2.28. The van der Waals surface area contributed by atoms with Crippen molar-refractivity contribution in [3.63, 3.8) is 0 Å². The minimum absolute atomic E-state index is 0.224. The Morgan fingerprint density at radius 3 is 2.53 bits per heavy atom. The Morgan fingerprint density at radius 2 is 1.80 bits per heavy atom. The molecule has 0 radical (unpaired) electrons. The first-order valence-corrected chi connectivity index (χ1v) is 9.99. The van der Waals surface area contributed by atoms with Gasteiger partial charge in [0.1, 0.15) is 11.5 Å². The Labute approximate surface area is 179 Å². The summed E-state index contributed by atoms with van der Waals surface area (Å²) in [6.07, 6.45) is 8.13. The van der Waals surface area contributed by atoms with Crippen LogP contribution in [0.1, 0.15) is 23.3 Å². The average molecular weight is 425 g/mol. The summed E-state index contributed by atoms with van der Waals surface area (Å²) in [6, 6.07) is 9.28. The Balaban J connectivity index is 1.41. The number of aromatic nitrogens is 3. The molecule has 0 unspecified atom stereocenters. The number of hydrogen-bond acceptors (Lipinski definition) is 7. The van der Waals surface area contributed by atoms with Gasteiger partial charge >= 0.3 is 0 Å². The summed E-state index contributed by atoms with van der Waals surface area (Å²) in [7, 11) is 0. The predicted octanol–water partition coefficient (Wildman–Crippen LogP) is 4.11. The lowest BCUT2D eigenvalue weighted by atomic mass is 10.1. The molecule has 154 valence electrons. The molecule has 4 rings (SSSR count). The first kappa shape index (κ1) is 20.1. The topological polar surface area (TPSA) is 101 Å². The summed E-state index contributed by atoms with van der Waals surface area (Å²) in [5.74, 6) is 0.290. The number of nitrogens with zero attached hydrogens (tertiary/aromatic N) is 3. The minimum Gasteiger partial charge on any atom is -0.381 e. The van der Waals surface area contributed by atoms with Gasteiger partial charge in [-0.1, -0.05) is 11.6 Å². The number of carbonyl (C=O) groups is 1. The van der Waals surface area contributed by atoms with E-state index in [1.807, 2.05) is 12.1 Å². The highest BCUT2D eigenvalue weighted by atomic mass is 35.5. The molecule has 0 aliphatic carbocycles. The third-order valence-corrected chi connectivity index (χ3v) is 4.90. The summed E-state index contributed by atoms with van der Waals surface area (Å²) < 4.78 is 5.35. The monoisotopic (exact) mass is 424 g/mol. The molecule has 1 aliphatic heterocycles. The van der Waals surface area contributed by atoms with Gasteiger partial charge in [0.15, 0.2) is 0 Å². The van der Waals surface area contributed by atoms with Crippen LogP contribution >= 0.6 is 11.6 Å². The SMILES string of the molecule is O=C(Nc1ccncc1Nc1ccc(Cl)cc1)c1cnc(NC2CCOCC2)cn1. The minimum atomic E-state index is -0.356. The quantitative estimate of drug-likeness (QED) is 0.547. The third kappa shape index (κ3) is 5.22. The fourth-order valence-electron chi connectivity index (χ4n) is 3.05. The molecule has 1 amide bonds. The fourth-order valence-corrected chi connectivity index (χ4v) is 3.18. The second-order valence-electron chi connectivity index (χ2n) is 6.83. The molecular weight excluding hydrogens is 404 g/mol. The first-order chi connectivity index (χ1) is 14.7. The smallest absolute Gasteiger partial charge is 0.275 e. The van der Waals surface area contributed by atoms with Crippen LogP contribution in [0.2, 0.25) is 5.02 Å². The van der Waals surface area contributed by atoms with Gasteiger partial charge in [-0.2, -0.15) is 0 Å². The van der Waals surface area contributed by atoms with Crippen LogP contribution in [0.4, 0.5) is 22.9 Å². The maximum atomic E-state index is 12.6. The van der Waals surface area contributed by atoms with E-state index in [4.69, 9.17) is 16.3 Å². The summed E-state index contributed by atoms with van der Waals surface area (Å²) in [6.45, 7) is 1.48. The molecule has 0 bridgehead atoms. The Morgan fingerprint density at radius 1 is 1.00 bits per heavy atom. The van der Waals surface area contributed by atoms with Gasteiger partial charge in [-0.25, -0.2) is 9.97 Å². The van der Waals surface area contributed by atoms with E-state index in [9.17, 15) is 4.79 Å². The Hall–Kier alpha value is -3.23. The number of amides is 1. The number of benzene rings is 1. The second kappa shape index (κ2) is 9.51. The number of ether oxygens (including phenoxy) is 1. The number of rotatable bonds is 6. The molecule has 0 atom stereocenters. The number of hydrogen-bond donors (Lipinski definition) is 3. The lowest BCUT2D eigenvalue weighted by Gasteiger charge is -2.23. The van der Waals surface area contributed by atoms with Gasteiger partial charge in [0, 0.05) is 36.2 Å². The van der Waals surface area contributed by atoms with Gasteiger partial charge in [0.05, 0.1) is 30.0 Å². The molecule has 2 aromatic heterocycles. The molecule has 1 saturated heterocycles. The van der Waals surface area contributed by atoms with Gasteiger partial charge in [-0.05, 0) is 43.2 Å². The summed E-state index contributed by atoms with van der Waals surface area (Å²) >= 11 is 5.93. The number of halogens is 1. The van der Waals surface area contributed by atoms with Crippen molar-refractivity contribution in [2.75, 3.05) is 29.2 Å². The van der Waals surface area contributed by atoms with Gasteiger partial charge in [0.25, 0.3) is 5.91 Å². The largest absolute Gasteiger partial charge is 0.381 e. The van der Waals surface area contributed by atoms with E-state index in [0.717, 1.165) is 31.7 Å². The van der Waals surface area contributed by atoms with Crippen molar-refractivity contribution in [1.29, 1.82) is 0 Å². The van der Waals surface area contributed by atoms with E-state index in [2.05, 4.69) is 30.9 Å². The van der Waals surface area contributed by atoms with Crippen LogP contribution < -0.4 is 16.0 Å². The van der Waals surface area contributed by atoms with Gasteiger partial charge < -0.3 is 20.7 Å². The molecule has 1 fully saturated rings. The molecule has 1 aromatic carbocycles. The second-order valence-corrected chi connectivity index (χ2v) is 7.26. The van der Waals surface area contributed by atoms with Crippen molar-refractivity contribution < 1.29 is 9.53 Å². The van der Waals surface area contributed by atoms with E-state index in [0.29, 0.717) is 28.3 Å². The molecule has 3 aromatic rings. The van der Waals surface area contributed by atoms with E-state index >= 15 is 0 Å². The molecule has 3 heterocycles. The lowest BCUT2D eigenvalue weighted by molar-refractivity contribution is 0.0904. The van der Waals surface area contributed by atoms with E-state index in [-0.39, 0.29) is 11.6 Å². The molecule has 9 heteroatoms. The predicted molar refractivity (Wildman–Crippen MR) is 116 cm³/mol.